The third-order valence-corrected chi connectivity index (χ3v) is 3.49. The number of carbonyl (C=O) groups excluding carboxylic acids is 1. The Bertz CT molecular complexity index is 748. The van der Waals surface area contributed by atoms with Crippen molar-refractivity contribution >= 4 is 45.3 Å². The lowest BCUT2D eigenvalue weighted by molar-refractivity contribution is -0.113. The summed E-state index contributed by atoms with van der Waals surface area (Å²) in [6, 6.07) is 13.6. The second-order valence-corrected chi connectivity index (χ2v) is 5.16. The summed E-state index contributed by atoms with van der Waals surface area (Å²) in [4.78, 5) is 11.6. The van der Waals surface area contributed by atoms with Crippen LogP contribution in [0.3, 0.4) is 0 Å². The first-order chi connectivity index (χ1) is 9.28. The number of hydrogen-bond donors (Lipinski definition) is 1. The number of fused-ring (bicyclic) bond motifs is 3. The molecule has 0 saturated heterocycles. The zero-order chi connectivity index (χ0) is 13.2. The standard InChI is InChI=1S/C15H13NO2S/c1-19-9-15(17)16-10-6-7-14-12(8-10)11-4-2-3-5-13(11)18-14/h2-8H,9H2,1H3,(H,16,17). The first-order valence-electron chi connectivity index (χ1n) is 5.98. The van der Waals surface area contributed by atoms with E-state index < -0.39 is 0 Å². The predicted molar refractivity (Wildman–Crippen MR) is 80.7 cm³/mol. The Kier molecular flexibility index (Phi) is 3.17. The van der Waals surface area contributed by atoms with Crippen molar-refractivity contribution < 1.29 is 9.21 Å². The van der Waals surface area contributed by atoms with Gasteiger partial charge in [0.25, 0.3) is 0 Å². The highest BCUT2D eigenvalue weighted by Crippen LogP contribution is 2.30. The molecule has 0 aliphatic carbocycles. The van der Waals surface area contributed by atoms with E-state index in [1.165, 1.54) is 11.8 Å². The van der Waals surface area contributed by atoms with Crippen LogP contribution in [-0.2, 0) is 4.79 Å². The van der Waals surface area contributed by atoms with Gasteiger partial charge >= 0.3 is 0 Å². The minimum atomic E-state index is 0.0136. The fourth-order valence-electron chi connectivity index (χ4n) is 2.13. The number of para-hydroxylation sites is 1. The number of amides is 1. The largest absolute Gasteiger partial charge is 0.456 e. The second kappa shape index (κ2) is 4.97. The number of carbonyl (C=O) groups is 1. The lowest BCUT2D eigenvalue weighted by atomic mass is 10.1. The average Bonchev–Trinajstić information content (AvgIpc) is 2.77. The number of anilines is 1. The maximum Gasteiger partial charge on any atom is 0.234 e. The van der Waals surface area contributed by atoms with Crippen molar-refractivity contribution in [2.75, 3.05) is 17.3 Å². The van der Waals surface area contributed by atoms with E-state index in [0.717, 1.165) is 27.6 Å². The fourth-order valence-corrected chi connectivity index (χ4v) is 2.47. The van der Waals surface area contributed by atoms with Gasteiger partial charge in [-0.15, -0.1) is 0 Å². The third-order valence-electron chi connectivity index (χ3n) is 2.94. The van der Waals surface area contributed by atoms with E-state index in [4.69, 9.17) is 4.42 Å². The molecule has 0 aliphatic heterocycles. The van der Waals surface area contributed by atoms with Crippen LogP contribution in [-0.4, -0.2) is 17.9 Å². The second-order valence-electron chi connectivity index (χ2n) is 4.29. The smallest absolute Gasteiger partial charge is 0.234 e. The molecule has 3 nitrogen and oxygen atoms in total. The van der Waals surface area contributed by atoms with E-state index in [2.05, 4.69) is 5.32 Å². The van der Waals surface area contributed by atoms with Gasteiger partial charge in [0.2, 0.25) is 5.91 Å². The van der Waals surface area contributed by atoms with Crippen molar-refractivity contribution in [2.45, 2.75) is 0 Å². The minimum absolute atomic E-state index is 0.0136. The number of rotatable bonds is 3. The van der Waals surface area contributed by atoms with Crippen molar-refractivity contribution in [3.8, 4) is 0 Å². The van der Waals surface area contributed by atoms with Crippen LogP contribution in [0.5, 0.6) is 0 Å². The lowest BCUT2D eigenvalue weighted by Crippen LogP contribution is -2.13. The molecular formula is C15H13NO2S. The number of nitrogens with one attached hydrogen (secondary N) is 1. The average molecular weight is 271 g/mol. The van der Waals surface area contributed by atoms with Crippen molar-refractivity contribution in [1.82, 2.24) is 0 Å². The SMILES string of the molecule is CSCC(=O)Nc1ccc2oc3ccccc3c2c1. The Balaban J connectivity index is 2.04. The van der Waals surface area contributed by atoms with Crippen molar-refractivity contribution in [1.29, 1.82) is 0 Å². The number of benzene rings is 2. The first kappa shape index (κ1) is 12.1. The highest BCUT2D eigenvalue weighted by Gasteiger charge is 2.08. The molecule has 0 bridgehead atoms. The van der Waals surface area contributed by atoms with Gasteiger partial charge in [0, 0.05) is 16.5 Å². The quantitative estimate of drug-likeness (QED) is 0.786. The van der Waals surface area contributed by atoms with Crippen LogP contribution in [0.15, 0.2) is 46.9 Å². The molecule has 19 heavy (non-hydrogen) atoms. The van der Waals surface area contributed by atoms with Crippen LogP contribution in [0, 0.1) is 0 Å². The van der Waals surface area contributed by atoms with E-state index >= 15 is 0 Å². The predicted octanol–water partition coefficient (Wildman–Crippen LogP) is 3.89. The first-order valence-corrected chi connectivity index (χ1v) is 7.37. The molecule has 0 saturated carbocycles. The highest BCUT2D eigenvalue weighted by atomic mass is 32.2. The molecule has 0 aliphatic rings. The summed E-state index contributed by atoms with van der Waals surface area (Å²) in [5.41, 5.74) is 2.51. The van der Waals surface area contributed by atoms with Crippen LogP contribution in [0.25, 0.3) is 21.9 Å². The van der Waals surface area contributed by atoms with E-state index in [1.807, 2.05) is 48.7 Å². The molecule has 0 fully saturated rings. The van der Waals surface area contributed by atoms with Gasteiger partial charge in [-0.3, -0.25) is 4.79 Å². The summed E-state index contributed by atoms with van der Waals surface area (Å²) in [6.07, 6.45) is 1.91. The Morgan fingerprint density at radius 3 is 2.79 bits per heavy atom. The minimum Gasteiger partial charge on any atom is -0.456 e. The van der Waals surface area contributed by atoms with Gasteiger partial charge in [-0.25, -0.2) is 0 Å². The van der Waals surface area contributed by atoms with Gasteiger partial charge in [0.15, 0.2) is 0 Å². The molecule has 0 radical (unpaired) electrons. The van der Waals surface area contributed by atoms with E-state index in [0.29, 0.717) is 5.75 Å². The molecule has 1 aromatic heterocycles. The van der Waals surface area contributed by atoms with Gasteiger partial charge in [-0.05, 0) is 30.5 Å². The summed E-state index contributed by atoms with van der Waals surface area (Å²) >= 11 is 1.51. The normalized spacial score (nSPS) is 11.0. The number of furan rings is 1. The molecule has 3 aromatic rings. The van der Waals surface area contributed by atoms with Gasteiger partial charge in [0.05, 0.1) is 5.75 Å². The highest BCUT2D eigenvalue weighted by molar-refractivity contribution is 7.99. The van der Waals surface area contributed by atoms with E-state index in [9.17, 15) is 4.79 Å². The number of hydrogen-bond acceptors (Lipinski definition) is 3. The molecular weight excluding hydrogens is 258 g/mol. The molecule has 2 aromatic carbocycles. The maximum absolute atomic E-state index is 11.6. The maximum atomic E-state index is 11.6. The van der Waals surface area contributed by atoms with Gasteiger partial charge in [0.1, 0.15) is 11.2 Å². The Labute approximate surface area is 115 Å². The molecule has 1 heterocycles. The van der Waals surface area contributed by atoms with E-state index in [-0.39, 0.29) is 5.91 Å². The van der Waals surface area contributed by atoms with Gasteiger partial charge in [-0.1, -0.05) is 18.2 Å². The fraction of sp³-hybridized carbons (Fsp3) is 0.133. The monoisotopic (exact) mass is 271 g/mol. The van der Waals surface area contributed by atoms with Crippen LogP contribution >= 0.6 is 11.8 Å². The summed E-state index contributed by atoms with van der Waals surface area (Å²) < 4.78 is 5.74. The summed E-state index contributed by atoms with van der Waals surface area (Å²) in [5, 5.41) is 4.98. The zero-order valence-corrected chi connectivity index (χ0v) is 11.3. The van der Waals surface area contributed by atoms with Crippen molar-refractivity contribution in [2.24, 2.45) is 0 Å². The van der Waals surface area contributed by atoms with E-state index in [1.54, 1.807) is 0 Å². The molecule has 4 heteroatoms. The molecule has 0 atom stereocenters. The Morgan fingerprint density at radius 1 is 1.16 bits per heavy atom. The molecule has 0 unspecified atom stereocenters. The zero-order valence-electron chi connectivity index (χ0n) is 10.5. The Hall–Kier alpha value is -1.94. The molecule has 3 rings (SSSR count). The van der Waals surface area contributed by atoms with Gasteiger partial charge < -0.3 is 9.73 Å². The van der Waals surface area contributed by atoms with Gasteiger partial charge in [-0.2, -0.15) is 11.8 Å². The van der Waals surface area contributed by atoms with Crippen molar-refractivity contribution in [3.05, 3.63) is 42.5 Å². The molecule has 1 amide bonds. The van der Waals surface area contributed by atoms with Crippen LogP contribution in [0.2, 0.25) is 0 Å². The molecule has 1 N–H and O–H groups in total. The van der Waals surface area contributed by atoms with Crippen LogP contribution in [0.4, 0.5) is 5.69 Å². The third kappa shape index (κ3) is 2.31. The lowest BCUT2D eigenvalue weighted by Gasteiger charge is -2.03. The molecule has 0 spiro atoms. The van der Waals surface area contributed by atoms with Crippen molar-refractivity contribution in [3.63, 3.8) is 0 Å². The van der Waals surface area contributed by atoms with Crippen LogP contribution in [0.1, 0.15) is 0 Å². The summed E-state index contributed by atoms with van der Waals surface area (Å²) in [6.45, 7) is 0. The summed E-state index contributed by atoms with van der Waals surface area (Å²) in [5.74, 6) is 0.476. The molecule has 96 valence electrons. The Morgan fingerprint density at radius 2 is 1.95 bits per heavy atom. The van der Waals surface area contributed by atoms with Crippen LogP contribution < -0.4 is 5.32 Å². The topological polar surface area (TPSA) is 42.2 Å². The number of thioether (sulfide) groups is 1. The summed E-state index contributed by atoms with van der Waals surface area (Å²) in [7, 11) is 0.